The van der Waals surface area contributed by atoms with Crippen LogP contribution in [0.15, 0.2) is 30.5 Å². The largest absolute Gasteiger partial charge is 0.462 e. The van der Waals surface area contributed by atoms with Crippen LogP contribution in [0.1, 0.15) is 35.3 Å². The first-order valence-corrected chi connectivity index (χ1v) is 6.95. The summed E-state index contributed by atoms with van der Waals surface area (Å²) in [6, 6.07) is 6.43. The second-order valence-corrected chi connectivity index (χ2v) is 4.82. The molecule has 5 nitrogen and oxygen atoms in total. The number of halogens is 1. The van der Waals surface area contributed by atoms with Crippen molar-refractivity contribution in [2.45, 2.75) is 19.4 Å². The van der Waals surface area contributed by atoms with Gasteiger partial charge in [-0.2, -0.15) is 5.10 Å². The fourth-order valence-corrected chi connectivity index (χ4v) is 2.62. The van der Waals surface area contributed by atoms with Crippen molar-refractivity contribution >= 4 is 11.8 Å². The summed E-state index contributed by atoms with van der Waals surface area (Å²) in [6.45, 7) is 2.71. The molecule has 1 aliphatic rings. The van der Waals surface area contributed by atoms with Crippen LogP contribution in [0, 0.1) is 5.82 Å². The predicted octanol–water partition coefficient (Wildman–Crippen LogP) is 2.60. The zero-order chi connectivity index (χ0) is 14.8. The van der Waals surface area contributed by atoms with E-state index in [1.807, 2.05) is 0 Å². The van der Waals surface area contributed by atoms with E-state index in [1.165, 1.54) is 12.3 Å². The van der Waals surface area contributed by atoms with Crippen molar-refractivity contribution < 1.29 is 13.9 Å². The minimum Gasteiger partial charge on any atom is -0.462 e. The average molecular weight is 289 g/mol. The summed E-state index contributed by atoms with van der Waals surface area (Å²) in [5, 5.41) is 7.39. The lowest BCUT2D eigenvalue weighted by atomic mass is 10.0. The maximum atomic E-state index is 14.0. The third-order valence-electron chi connectivity index (χ3n) is 3.56. The minimum absolute atomic E-state index is 0.217. The van der Waals surface area contributed by atoms with Gasteiger partial charge in [-0.1, -0.05) is 18.2 Å². The summed E-state index contributed by atoms with van der Waals surface area (Å²) < 4.78 is 20.7. The maximum Gasteiger partial charge on any atom is 0.343 e. The van der Waals surface area contributed by atoms with Gasteiger partial charge in [0.05, 0.1) is 18.8 Å². The van der Waals surface area contributed by atoms with E-state index in [1.54, 1.807) is 29.8 Å². The fourth-order valence-electron chi connectivity index (χ4n) is 2.62. The van der Waals surface area contributed by atoms with Gasteiger partial charge >= 0.3 is 5.97 Å². The van der Waals surface area contributed by atoms with Crippen molar-refractivity contribution in [1.82, 2.24) is 9.78 Å². The van der Waals surface area contributed by atoms with E-state index >= 15 is 0 Å². The fraction of sp³-hybridized carbons (Fsp3) is 0.333. The Morgan fingerprint density at radius 1 is 1.52 bits per heavy atom. The molecule has 2 aromatic rings. The topological polar surface area (TPSA) is 56.1 Å². The number of benzene rings is 1. The normalized spacial score (nSPS) is 17.0. The molecule has 0 saturated heterocycles. The van der Waals surface area contributed by atoms with Gasteiger partial charge in [0.2, 0.25) is 0 Å². The second kappa shape index (κ2) is 5.55. The Labute approximate surface area is 121 Å². The summed E-state index contributed by atoms with van der Waals surface area (Å²) in [5.74, 6) is -0.0862. The minimum atomic E-state index is -0.416. The van der Waals surface area contributed by atoms with Crippen molar-refractivity contribution in [3.8, 4) is 0 Å². The Morgan fingerprint density at radius 3 is 3.10 bits per heavy atom. The zero-order valence-electron chi connectivity index (χ0n) is 11.7. The van der Waals surface area contributed by atoms with Gasteiger partial charge < -0.3 is 10.1 Å². The lowest BCUT2D eigenvalue weighted by Gasteiger charge is -2.26. The Bertz CT molecular complexity index is 669. The molecule has 0 bridgehead atoms. The maximum absolute atomic E-state index is 14.0. The molecule has 0 fully saturated rings. The summed E-state index contributed by atoms with van der Waals surface area (Å²) in [6.07, 6.45) is 2.18. The molecule has 0 amide bonds. The smallest absolute Gasteiger partial charge is 0.343 e. The summed E-state index contributed by atoms with van der Waals surface area (Å²) in [5.41, 5.74) is 0.969. The van der Waals surface area contributed by atoms with Crippen LogP contribution in [-0.2, 0) is 4.74 Å². The number of carbonyl (C=O) groups excluding carboxylic acids is 1. The molecule has 1 aromatic carbocycles. The van der Waals surface area contributed by atoms with Gasteiger partial charge in [-0.25, -0.2) is 13.9 Å². The van der Waals surface area contributed by atoms with E-state index in [-0.39, 0.29) is 11.9 Å². The average Bonchev–Trinajstić information content (AvgIpc) is 2.92. The zero-order valence-corrected chi connectivity index (χ0v) is 11.7. The number of ether oxygens (including phenoxy) is 1. The molecule has 1 atom stereocenters. The molecule has 2 heterocycles. The number of nitrogens with one attached hydrogen (secondary N) is 1. The van der Waals surface area contributed by atoms with E-state index in [2.05, 4.69) is 10.4 Å². The summed E-state index contributed by atoms with van der Waals surface area (Å²) in [7, 11) is 0. The van der Waals surface area contributed by atoms with Crippen molar-refractivity contribution in [3.63, 3.8) is 0 Å². The van der Waals surface area contributed by atoms with E-state index < -0.39 is 5.97 Å². The highest BCUT2D eigenvalue weighted by molar-refractivity contribution is 5.94. The first-order chi connectivity index (χ1) is 10.2. The highest BCUT2D eigenvalue weighted by Crippen LogP contribution is 2.32. The van der Waals surface area contributed by atoms with Crippen molar-refractivity contribution in [3.05, 3.63) is 47.4 Å². The molecule has 0 radical (unpaired) electrons. The van der Waals surface area contributed by atoms with Crippen LogP contribution in [0.2, 0.25) is 0 Å². The molecular formula is C15H16FN3O2. The van der Waals surface area contributed by atoms with E-state index in [0.717, 1.165) is 0 Å². The van der Waals surface area contributed by atoms with Crippen LogP contribution < -0.4 is 5.32 Å². The quantitative estimate of drug-likeness (QED) is 0.882. The Balaban J connectivity index is 2.00. The molecule has 0 saturated carbocycles. The first-order valence-electron chi connectivity index (χ1n) is 6.95. The van der Waals surface area contributed by atoms with Gasteiger partial charge in [-0.3, -0.25) is 0 Å². The molecule has 1 N–H and O–H groups in total. The molecule has 21 heavy (non-hydrogen) atoms. The number of hydrogen-bond donors (Lipinski definition) is 1. The predicted molar refractivity (Wildman–Crippen MR) is 75.8 cm³/mol. The third-order valence-corrected chi connectivity index (χ3v) is 3.56. The summed E-state index contributed by atoms with van der Waals surface area (Å²) in [4.78, 5) is 11.9. The van der Waals surface area contributed by atoms with Crippen LogP contribution in [-0.4, -0.2) is 28.9 Å². The number of aromatic nitrogens is 2. The van der Waals surface area contributed by atoms with Crippen LogP contribution in [0.4, 0.5) is 10.2 Å². The van der Waals surface area contributed by atoms with Gasteiger partial charge in [-0.05, 0) is 19.4 Å². The Morgan fingerprint density at radius 2 is 2.33 bits per heavy atom. The van der Waals surface area contributed by atoms with Gasteiger partial charge in [0, 0.05) is 12.1 Å². The number of fused-ring (bicyclic) bond motifs is 1. The van der Waals surface area contributed by atoms with Crippen molar-refractivity contribution in [2.75, 3.05) is 18.5 Å². The number of esters is 1. The number of hydrogen-bond acceptors (Lipinski definition) is 4. The SMILES string of the molecule is CCOC(=O)c1cnn2c1NCCC2c1ccccc1F. The van der Waals surface area contributed by atoms with Crippen LogP contribution in [0.25, 0.3) is 0 Å². The second-order valence-electron chi connectivity index (χ2n) is 4.82. The van der Waals surface area contributed by atoms with Gasteiger partial charge in [0.1, 0.15) is 17.2 Å². The monoisotopic (exact) mass is 289 g/mol. The third kappa shape index (κ3) is 2.37. The number of rotatable bonds is 3. The van der Waals surface area contributed by atoms with E-state index in [4.69, 9.17) is 4.74 Å². The molecule has 3 rings (SSSR count). The standard InChI is InChI=1S/C15H16FN3O2/c1-2-21-15(20)11-9-18-19-13(7-8-17-14(11)19)10-5-3-4-6-12(10)16/h3-6,9,13,17H,2,7-8H2,1H3. The molecular weight excluding hydrogens is 273 g/mol. The highest BCUT2D eigenvalue weighted by Gasteiger charge is 2.28. The van der Waals surface area contributed by atoms with Crippen molar-refractivity contribution in [2.24, 2.45) is 0 Å². The molecule has 1 unspecified atom stereocenters. The van der Waals surface area contributed by atoms with Crippen LogP contribution >= 0.6 is 0 Å². The number of carbonyl (C=O) groups is 1. The molecule has 0 aliphatic carbocycles. The van der Waals surface area contributed by atoms with Crippen molar-refractivity contribution in [1.29, 1.82) is 0 Å². The lowest BCUT2D eigenvalue weighted by Crippen LogP contribution is -2.26. The van der Waals surface area contributed by atoms with Crippen LogP contribution in [0.3, 0.4) is 0 Å². The molecule has 110 valence electrons. The molecule has 1 aromatic heterocycles. The van der Waals surface area contributed by atoms with Crippen LogP contribution in [0.5, 0.6) is 0 Å². The van der Waals surface area contributed by atoms with Gasteiger partial charge in [0.25, 0.3) is 0 Å². The Hall–Kier alpha value is -2.37. The first kappa shape index (κ1) is 13.6. The number of anilines is 1. The highest BCUT2D eigenvalue weighted by atomic mass is 19.1. The van der Waals surface area contributed by atoms with Gasteiger partial charge in [-0.15, -0.1) is 0 Å². The summed E-state index contributed by atoms with van der Waals surface area (Å²) >= 11 is 0. The lowest BCUT2D eigenvalue weighted by molar-refractivity contribution is 0.0527. The molecule has 1 aliphatic heterocycles. The molecule has 0 spiro atoms. The molecule has 6 heteroatoms. The van der Waals surface area contributed by atoms with E-state index in [0.29, 0.717) is 36.5 Å². The van der Waals surface area contributed by atoms with Gasteiger partial charge in [0.15, 0.2) is 0 Å². The Kier molecular flexibility index (Phi) is 3.60. The van der Waals surface area contributed by atoms with E-state index in [9.17, 15) is 9.18 Å². The number of nitrogens with zero attached hydrogens (tertiary/aromatic N) is 2.